The lowest BCUT2D eigenvalue weighted by molar-refractivity contribution is -0.135. The van der Waals surface area contributed by atoms with Gasteiger partial charge in [-0.05, 0) is 59.2 Å². The van der Waals surface area contributed by atoms with Gasteiger partial charge in [-0.15, -0.1) is 0 Å². The Bertz CT molecular complexity index is 1720. The molecule has 2 aliphatic heterocycles. The number of rotatable bonds is 10. The lowest BCUT2D eigenvalue weighted by atomic mass is 10.1. The van der Waals surface area contributed by atoms with E-state index in [1.165, 1.54) is 0 Å². The third-order valence-electron chi connectivity index (χ3n) is 8.05. The summed E-state index contributed by atoms with van der Waals surface area (Å²) in [4.78, 5) is 63.1. The van der Waals surface area contributed by atoms with Crippen LogP contribution in [-0.4, -0.2) is 68.6 Å². The standard InChI is InChI=1S/C38H34N6O4/c45-35(24-29-6-3-20-39-26-29)43-22-4-8-33(43)37(47)41-30-16-12-27(13-17-30)10-11-28-14-18-31(19-15-28)42-38(48)34-9-5-23-44(34)36(46)25-32-7-1-2-21-40-32/h1-21,26,33-34H,22-25H2,(H,41,47)(H,42,48)/b11-10+/t33-,34-/m0/s1. The number of amides is 4. The molecule has 0 fully saturated rings. The molecular weight excluding hydrogens is 604 g/mol. The van der Waals surface area contributed by atoms with E-state index in [1.54, 1.807) is 58.7 Å². The highest BCUT2D eigenvalue weighted by atomic mass is 16.2. The molecule has 4 heterocycles. The highest BCUT2D eigenvalue weighted by Gasteiger charge is 2.31. The molecule has 48 heavy (non-hydrogen) atoms. The van der Waals surface area contributed by atoms with Crippen LogP contribution in [0.5, 0.6) is 0 Å². The molecule has 4 aromatic rings. The van der Waals surface area contributed by atoms with E-state index in [9.17, 15) is 19.2 Å². The zero-order chi connectivity index (χ0) is 33.3. The molecule has 0 saturated heterocycles. The lowest BCUT2D eigenvalue weighted by Crippen LogP contribution is -2.44. The van der Waals surface area contributed by atoms with Gasteiger partial charge in [0.05, 0.1) is 12.8 Å². The molecule has 0 aliphatic carbocycles. The number of aromatic nitrogens is 2. The number of carbonyl (C=O) groups is 4. The summed E-state index contributed by atoms with van der Waals surface area (Å²) >= 11 is 0. The van der Waals surface area contributed by atoms with Crippen molar-refractivity contribution in [2.24, 2.45) is 0 Å². The Labute approximate surface area is 278 Å². The van der Waals surface area contributed by atoms with Gasteiger partial charge in [-0.1, -0.05) is 72.9 Å². The van der Waals surface area contributed by atoms with Crippen molar-refractivity contribution >= 4 is 47.2 Å². The van der Waals surface area contributed by atoms with Gasteiger partial charge in [0.15, 0.2) is 0 Å². The first-order chi connectivity index (χ1) is 23.4. The largest absolute Gasteiger partial charge is 0.324 e. The van der Waals surface area contributed by atoms with Crippen LogP contribution in [0.3, 0.4) is 0 Å². The third kappa shape index (κ3) is 7.97. The zero-order valence-corrected chi connectivity index (χ0v) is 26.1. The normalized spacial score (nSPS) is 16.8. The number of hydrogen-bond acceptors (Lipinski definition) is 6. The smallest absolute Gasteiger partial charge is 0.251 e. The molecule has 0 bridgehead atoms. The zero-order valence-electron chi connectivity index (χ0n) is 26.1. The van der Waals surface area contributed by atoms with Gasteiger partial charge in [-0.3, -0.25) is 29.1 Å². The van der Waals surface area contributed by atoms with Gasteiger partial charge in [0, 0.05) is 48.7 Å². The Morgan fingerprint density at radius 2 is 1.23 bits per heavy atom. The van der Waals surface area contributed by atoms with Gasteiger partial charge < -0.3 is 20.4 Å². The number of hydrogen-bond donors (Lipinski definition) is 2. The molecule has 10 heteroatoms. The van der Waals surface area contributed by atoms with Gasteiger partial charge >= 0.3 is 0 Å². The molecular formula is C38H34N6O4. The summed E-state index contributed by atoms with van der Waals surface area (Å²) in [5.41, 5.74) is 4.59. The van der Waals surface area contributed by atoms with Crippen LogP contribution in [0, 0.1) is 0 Å². The molecule has 0 spiro atoms. The average molecular weight is 639 g/mol. The van der Waals surface area contributed by atoms with Crippen LogP contribution in [0.1, 0.15) is 22.4 Å². The fourth-order valence-electron chi connectivity index (χ4n) is 5.53. The second-order valence-corrected chi connectivity index (χ2v) is 11.4. The van der Waals surface area contributed by atoms with E-state index < -0.39 is 12.1 Å². The Kier molecular flexibility index (Phi) is 9.91. The average Bonchev–Trinajstić information content (AvgIpc) is 3.81. The van der Waals surface area contributed by atoms with Crippen molar-refractivity contribution in [2.75, 3.05) is 23.7 Å². The molecule has 0 saturated carbocycles. The van der Waals surface area contributed by atoms with Gasteiger partial charge in [0.2, 0.25) is 11.8 Å². The molecule has 2 N–H and O–H groups in total. The van der Waals surface area contributed by atoms with Crippen molar-refractivity contribution < 1.29 is 19.2 Å². The summed E-state index contributed by atoms with van der Waals surface area (Å²) in [7, 11) is 0. The van der Waals surface area contributed by atoms with Gasteiger partial charge in [0.25, 0.3) is 11.8 Å². The van der Waals surface area contributed by atoms with Gasteiger partial charge in [0.1, 0.15) is 12.1 Å². The van der Waals surface area contributed by atoms with Gasteiger partial charge in [-0.25, -0.2) is 0 Å². The quantitative estimate of drug-likeness (QED) is 0.194. The summed E-state index contributed by atoms with van der Waals surface area (Å²) in [5.74, 6) is -0.838. The van der Waals surface area contributed by atoms with E-state index in [4.69, 9.17) is 0 Å². The molecule has 10 nitrogen and oxygen atoms in total. The van der Waals surface area contributed by atoms with Crippen LogP contribution in [0.4, 0.5) is 11.4 Å². The first kappa shape index (κ1) is 31.8. The number of pyridine rings is 2. The van der Waals surface area contributed by atoms with Crippen molar-refractivity contribution in [1.82, 2.24) is 19.8 Å². The Morgan fingerprint density at radius 3 is 1.73 bits per heavy atom. The Balaban J connectivity index is 0.988. The maximum atomic E-state index is 13.0. The lowest BCUT2D eigenvalue weighted by Gasteiger charge is -2.24. The first-order valence-corrected chi connectivity index (χ1v) is 15.6. The van der Waals surface area contributed by atoms with E-state index in [2.05, 4.69) is 20.6 Å². The van der Waals surface area contributed by atoms with Crippen LogP contribution in [0.15, 0.2) is 122 Å². The second kappa shape index (κ2) is 15.0. The fraction of sp³-hybridized carbons (Fsp3) is 0.158. The summed E-state index contributed by atoms with van der Waals surface area (Å²) in [5, 5.41) is 5.82. The summed E-state index contributed by atoms with van der Waals surface area (Å²) in [6.07, 6.45) is 16.3. The minimum atomic E-state index is -0.679. The molecule has 0 unspecified atom stereocenters. The minimum Gasteiger partial charge on any atom is -0.324 e. The van der Waals surface area contributed by atoms with Crippen molar-refractivity contribution in [2.45, 2.75) is 24.9 Å². The molecule has 2 atom stereocenters. The molecule has 2 aromatic carbocycles. The van der Waals surface area contributed by atoms with Crippen molar-refractivity contribution in [3.8, 4) is 0 Å². The van der Waals surface area contributed by atoms with Crippen molar-refractivity contribution in [1.29, 1.82) is 0 Å². The second-order valence-electron chi connectivity index (χ2n) is 11.4. The van der Waals surface area contributed by atoms with Crippen LogP contribution < -0.4 is 10.6 Å². The Morgan fingerprint density at radius 1 is 0.667 bits per heavy atom. The highest BCUT2D eigenvalue weighted by Crippen LogP contribution is 2.19. The number of benzene rings is 2. The van der Waals surface area contributed by atoms with Crippen LogP contribution in [-0.2, 0) is 32.0 Å². The summed E-state index contributed by atoms with van der Waals surface area (Å²) < 4.78 is 0. The SMILES string of the molecule is O=C(Nc1ccc(/C=C/c2ccc(NC(=O)[C@@H]3C=CCN3C(=O)Cc3ccccn3)cc2)cc1)[C@@H]1C=CCN1C(=O)Cc1cccnc1. The topological polar surface area (TPSA) is 125 Å². The van der Waals surface area contributed by atoms with Crippen molar-refractivity contribution in [3.05, 3.63) is 144 Å². The predicted molar refractivity (Wildman–Crippen MR) is 184 cm³/mol. The number of nitrogens with one attached hydrogen (secondary N) is 2. The van der Waals surface area contributed by atoms with E-state index in [0.717, 1.165) is 16.7 Å². The molecule has 2 aromatic heterocycles. The molecule has 0 radical (unpaired) electrons. The molecule has 240 valence electrons. The maximum Gasteiger partial charge on any atom is 0.251 e. The van der Waals surface area contributed by atoms with Crippen LogP contribution in [0.2, 0.25) is 0 Å². The van der Waals surface area contributed by atoms with E-state index in [1.807, 2.05) is 85.0 Å². The van der Waals surface area contributed by atoms with Crippen LogP contribution >= 0.6 is 0 Å². The number of nitrogens with zero attached hydrogens (tertiary/aromatic N) is 4. The maximum absolute atomic E-state index is 13.0. The van der Waals surface area contributed by atoms with E-state index in [-0.39, 0.29) is 36.5 Å². The predicted octanol–water partition coefficient (Wildman–Crippen LogP) is 4.54. The van der Waals surface area contributed by atoms with E-state index in [0.29, 0.717) is 30.2 Å². The number of anilines is 2. The fourth-order valence-corrected chi connectivity index (χ4v) is 5.53. The minimum absolute atomic E-state index is 0.134. The van der Waals surface area contributed by atoms with Crippen molar-refractivity contribution in [3.63, 3.8) is 0 Å². The Hall–Kier alpha value is -6.16. The molecule has 6 rings (SSSR count). The molecule has 2 aliphatic rings. The summed E-state index contributed by atoms with van der Waals surface area (Å²) in [6, 6.07) is 22.5. The van der Waals surface area contributed by atoms with Gasteiger partial charge in [-0.2, -0.15) is 0 Å². The first-order valence-electron chi connectivity index (χ1n) is 15.6. The summed E-state index contributed by atoms with van der Waals surface area (Å²) in [6.45, 7) is 0.769. The van der Waals surface area contributed by atoms with Crippen LogP contribution in [0.25, 0.3) is 12.2 Å². The highest BCUT2D eigenvalue weighted by molar-refractivity contribution is 6.00. The third-order valence-corrected chi connectivity index (χ3v) is 8.05. The monoisotopic (exact) mass is 638 g/mol. The number of carbonyl (C=O) groups excluding carboxylic acids is 4. The van der Waals surface area contributed by atoms with E-state index >= 15 is 0 Å². The molecule has 4 amide bonds.